The molecule has 20 heavy (non-hydrogen) atoms. The predicted octanol–water partition coefficient (Wildman–Crippen LogP) is 5.58. The van der Waals surface area contributed by atoms with E-state index >= 15 is 0 Å². The highest BCUT2D eigenvalue weighted by Crippen LogP contribution is 2.23. The molecule has 1 heteroatoms. The number of rotatable bonds is 4. The molecule has 0 aliphatic rings. The maximum atomic E-state index is 4.57. The summed E-state index contributed by atoms with van der Waals surface area (Å²) in [5, 5.41) is 0. The van der Waals surface area contributed by atoms with Gasteiger partial charge in [-0.2, -0.15) is 0 Å². The average Bonchev–Trinajstić information content (AvgIpc) is 2.49. The zero-order valence-corrected chi connectivity index (χ0v) is 12.4. The molecule has 0 unspecified atom stereocenters. The van der Waals surface area contributed by atoms with E-state index in [9.17, 15) is 0 Å². The average molecular weight is 263 g/mol. The first-order chi connectivity index (χ1) is 9.72. The van der Waals surface area contributed by atoms with Crippen molar-refractivity contribution in [1.82, 2.24) is 0 Å². The predicted molar refractivity (Wildman–Crippen MR) is 88.7 cm³/mol. The Balaban J connectivity index is 2.34. The molecule has 0 aliphatic carbocycles. The van der Waals surface area contributed by atoms with Gasteiger partial charge >= 0.3 is 0 Å². The van der Waals surface area contributed by atoms with E-state index in [2.05, 4.69) is 50.0 Å². The molecule has 0 amide bonds. The first-order valence-electron chi connectivity index (χ1n) is 7.07. The number of aliphatic imine (C=N–C) groups is 1. The molecular formula is C19H21N. The largest absolute Gasteiger partial charge is 0.257 e. The summed E-state index contributed by atoms with van der Waals surface area (Å²) in [6.07, 6.45) is 2.98. The first kappa shape index (κ1) is 14.3. The summed E-state index contributed by atoms with van der Waals surface area (Å²) < 4.78 is 0. The zero-order chi connectivity index (χ0) is 14.4. The van der Waals surface area contributed by atoms with E-state index in [1.165, 1.54) is 22.3 Å². The summed E-state index contributed by atoms with van der Waals surface area (Å²) in [6, 6.07) is 18.6. The van der Waals surface area contributed by atoms with Gasteiger partial charge in [0.1, 0.15) is 0 Å². The Morgan fingerprint density at radius 2 is 1.65 bits per heavy atom. The third-order valence-corrected chi connectivity index (χ3v) is 3.54. The fourth-order valence-electron chi connectivity index (χ4n) is 2.29. The summed E-state index contributed by atoms with van der Waals surface area (Å²) in [4.78, 5) is 4.57. The Kier molecular flexibility index (Phi) is 4.89. The number of nitrogens with zero attached hydrogens (tertiary/aromatic N) is 1. The van der Waals surface area contributed by atoms with Gasteiger partial charge in [0.25, 0.3) is 0 Å². The highest BCUT2D eigenvalue weighted by atomic mass is 14.7. The maximum Gasteiger partial charge on any atom is 0.0629 e. The van der Waals surface area contributed by atoms with Crippen molar-refractivity contribution in [2.45, 2.75) is 27.2 Å². The quantitative estimate of drug-likeness (QED) is 0.638. The summed E-state index contributed by atoms with van der Waals surface area (Å²) in [5.74, 6) is 0. The van der Waals surface area contributed by atoms with E-state index in [1.54, 1.807) is 0 Å². The van der Waals surface area contributed by atoms with Crippen LogP contribution < -0.4 is 0 Å². The molecule has 0 atom stereocenters. The number of hydrogen-bond donors (Lipinski definition) is 0. The third kappa shape index (κ3) is 3.45. The van der Waals surface area contributed by atoms with Gasteiger partial charge in [0.2, 0.25) is 0 Å². The molecule has 102 valence electrons. The van der Waals surface area contributed by atoms with Crippen LogP contribution in [0.3, 0.4) is 0 Å². The van der Waals surface area contributed by atoms with Crippen molar-refractivity contribution >= 4 is 17.5 Å². The monoisotopic (exact) mass is 263 g/mol. The molecule has 0 aliphatic heterocycles. The summed E-state index contributed by atoms with van der Waals surface area (Å²) in [7, 11) is 0. The molecular weight excluding hydrogens is 242 g/mol. The minimum Gasteiger partial charge on any atom is -0.257 e. The lowest BCUT2D eigenvalue weighted by atomic mass is 9.96. The number of allylic oxidation sites excluding steroid dienone is 2. The summed E-state index contributed by atoms with van der Waals surface area (Å²) in [6.45, 7) is 6.51. The van der Waals surface area contributed by atoms with Crippen LogP contribution in [0, 0.1) is 6.92 Å². The number of benzene rings is 2. The molecule has 0 saturated carbocycles. The van der Waals surface area contributed by atoms with Crippen molar-refractivity contribution in [2.75, 3.05) is 0 Å². The number of aryl methyl sites for hydroxylation is 1. The van der Waals surface area contributed by atoms with E-state index in [0.29, 0.717) is 0 Å². The molecule has 0 fully saturated rings. The van der Waals surface area contributed by atoms with Gasteiger partial charge < -0.3 is 0 Å². The molecule has 0 heterocycles. The zero-order valence-electron chi connectivity index (χ0n) is 12.4. The fraction of sp³-hybridized carbons (Fsp3) is 0.211. The van der Waals surface area contributed by atoms with Crippen molar-refractivity contribution in [2.24, 2.45) is 4.99 Å². The van der Waals surface area contributed by atoms with Crippen LogP contribution in [-0.4, -0.2) is 6.21 Å². The highest BCUT2D eigenvalue weighted by molar-refractivity contribution is 5.92. The lowest BCUT2D eigenvalue weighted by Gasteiger charge is -2.09. The highest BCUT2D eigenvalue weighted by Gasteiger charge is 2.04. The Bertz CT molecular complexity index is 621. The Hall–Kier alpha value is -2.15. The fourth-order valence-corrected chi connectivity index (χ4v) is 2.29. The van der Waals surface area contributed by atoms with Crippen molar-refractivity contribution in [3.63, 3.8) is 0 Å². The molecule has 0 aromatic heterocycles. The van der Waals surface area contributed by atoms with Gasteiger partial charge in [0.05, 0.1) is 5.69 Å². The van der Waals surface area contributed by atoms with Crippen molar-refractivity contribution < 1.29 is 0 Å². The van der Waals surface area contributed by atoms with Crippen LogP contribution in [0.4, 0.5) is 5.69 Å². The lowest BCUT2D eigenvalue weighted by molar-refractivity contribution is 1.17. The van der Waals surface area contributed by atoms with Crippen molar-refractivity contribution in [3.05, 3.63) is 71.3 Å². The lowest BCUT2D eigenvalue weighted by Crippen LogP contribution is -1.92. The SMILES string of the molecule is CCC(/C=N/c1ccccc1)=C(/C)c1ccccc1C. The van der Waals surface area contributed by atoms with Gasteiger partial charge in [0.15, 0.2) is 0 Å². The Morgan fingerprint density at radius 1 is 1.00 bits per heavy atom. The van der Waals surface area contributed by atoms with Gasteiger partial charge in [-0.15, -0.1) is 0 Å². The molecule has 0 saturated heterocycles. The number of para-hydroxylation sites is 1. The van der Waals surface area contributed by atoms with Crippen LogP contribution in [0.15, 0.2) is 65.2 Å². The van der Waals surface area contributed by atoms with Crippen LogP contribution in [0.25, 0.3) is 5.57 Å². The second-order valence-corrected chi connectivity index (χ2v) is 4.91. The molecule has 2 aromatic carbocycles. The Labute approximate surface area is 121 Å². The summed E-state index contributed by atoms with van der Waals surface area (Å²) in [5.41, 5.74) is 6.21. The normalized spacial score (nSPS) is 12.6. The third-order valence-electron chi connectivity index (χ3n) is 3.54. The van der Waals surface area contributed by atoms with E-state index in [0.717, 1.165) is 12.1 Å². The van der Waals surface area contributed by atoms with Crippen LogP contribution in [0.2, 0.25) is 0 Å². The molecule has 1 nitrogen and oxygen atoms in total. The van der Waals surface area contributed by atoms with Crippen LogP contribution in [0.1, 0.15) is 31.4 Å². The maximum absolute atomic E-state index is 4.57. The minimum atomic E-state index is 0.983. The second-order valence-electron chi connectivity index (χ2n) is 4.91. The van der Waals surface area contributed by atoms with Crippen molar-refractivity contribution in [1.29, 1.82) is 0 Å². The van der Waals surface area contributed by atoms with E-state index in [4.69, 9.17) is 0 Å². The smallest absolute Gasteiger partial charge is 0.0629 e. The van der Waals surface area contributed by atoms with Crippen LogP contribution in [-0.2, 0) is 0 Å². The van der Waals surface area contributed by atoms with E-state index in [1.807, 2.05) is 36.5 Å². The molecule has 0 N–H and O–H groups in total. The molecule has 2 aromatic rings. The number of hydrogen-bond acceptors (Lipinski definition) is 1. The van der Waals surface area contributed by atoms with Gasteiger partial charge in [0, 0.05) is 6.21 Å². The Morgan fingerprint density at radius 3 is 2.30 bits per heavy atom. The second kappa shape index (κ2) is 6.85. The van der Waals surface area contributed by atoms with Crippen LogP contribution in [0.5, 0.6) is 0 Å². The van der Waals surface area contributed by atoms with Gasteiger partial charge in [-0.05, 0) is 54.7 Å². The molecule has 0 radical (unpaired) electrons. The molecule has 0 bridgehead atoms. The van der Waals surface area contributed by atoms with E-state index in [-0.39, 0.29) is 0 Å². The summed E-state index contributed by atoms with van der Waals surface area (Å²) >= 11 is 0. The topological polar surface area (TPSA) is 12.4 Å². The van der Waals surface area contributed by atoms with Gasteiger partial charge in [-0.3, -0.25) is 4.99 Å². The standard InChI is InChI=1S/C19H21N/c1-4-17(14-20-18-11-6-5-7-12-18)16(3)19-13-9-8-10-15(19)2/h5-14H,4H2,1-3H3/b17-16+,20-14+. The van der Waals surface area contributed by atoms with Gasteiger partial charge in [-0.25, -0.2) is 0 Å². The first-order valence-corrected chi connectivity index (χ1v) is 7.07. The minimum absolute atomic E-state index is 0.983. The van der Waals surface area contributed by atoms with Gasteiger partial charge in [-0.1, -0.05) is 49.4 Å². The van der Waals surface area contributed by atoms with Crippen molar-refractivity contribution in [3.8, 4) is 0 Å². The molecule has 0 spiro atoms. The van der Waals surface area contributed by atoms with E-state index < -0.39 is 0 Å². The van der Waals surface area contributed by atoms with Crippen LogP contribution >= 0.6 is 0 Å². The molecule has 2 rings (SSSR count).